The van der Waals surface area contributed by atoms with Crippen molar-refractivity contribution in [2.24, 2.45) is 0 Å². The van der Waals surface area contributed by atoms with Gasteiger partial charge in [0.15, 0.2) is 0 Å². The topological polar surface area (TPSA) is 12.0 Å². The summed E-state index contributed by atoms with van der Waals surface area (Å²) in [6, 6.07) is 10.2. The van der Waals surface area contributed by atoms with E-state index in [-0.39, 0.29) is 11.9 Å². The van der Waals surface area contributed by atoms with Crippen LogP contribution in [0.25, 0.3) is 0 Å². The summed E-state index contributed by atoms with van der Waals surface area (Å²) >= 11 is 15.2. The molecule has 0 fully saturated rings. The van der Waals surface area contributed by atoms with E-state index >= 15 is 0 Å². The van der Waals surface area contributed by atoms with E-state index in [1.807, 2.05) is 31.2 Å². The molecule has 1 unspecified atom stereocenters. The second kappa shape index (κ2) is 6.12. The number of hydrogen-bond donors (Lipinski definition) is 1. The van der Waals surface area contributed by atoms with Gasteiger partial charge < -0.3 is 5.32 Å². The van der Waals surface area contributed by atoms with Crippen molar-refractivity contribution in [3.8, 4) is 0 Å². The highest BCUT2D eigenvalue weighted by Crippen LogP contribution is 2.34. The number of rotatable bonds is 3. The van der Waals surface area contributed by atoms with E-state index in [2.05, 4.69) is 21.2 Å². The second-order valence-corrected chi connectivity index (χ2v) is 5.86. The van der Waals surface area contributed by atoms with E-state index < -0.39 is 0 Å². The summed E-state index contributed by atoms with van der Waals surface area (Å²) in [6.45, 7) is 2.00. The zero-order valence-corrected chi connectivity index (χ0v) is 13.2. The van der Waals surface area contributed by atoms with Crippen molar-refractivity contribution in [3.63, 3.8) is 0 Å². The van der Waals surface area contributed by atoms with Crippen molar-refractivity contribution >= 4 is 44.8 Å². The van der Waals surface area contributed by atoms with Gasteiger partial charge in [0.05, 0.1) is 10.7 Å². The largest absolute Gasteiger partial charge is 0.376 e. The molecule has 0 spiro atoms. The lowest BCUT2D eigenvalue weighted by molar-refractivity contribution is 0.627. The van der Waals surface area contributed by atoms with Crippen LogP contribution in [0.1, 0.15) is 18.5 Å². The predicted molar refractivity (Wildman–Crippen MR) is 82.6 cm³/mol. The number of benzene rings is 2. The average molecular weight is 363 g/mol. The Morgan fingerprint density at radius 3 is 2.37 bits per heavy atom. The van der Waals surface area contributed by atoms with Crippen molar-refractivity contribution in [3.05, 3.63) is 62.3 Å². The van der Waals surface area contributed by atoms with Gasteiger partial charge >= 0.3 is 0 Å². The molecule has 0 aromatic heterocycles. The van der Waals surface area contributed by atoms with Gasteiger partial charge in [-0.25, -0.2) is 4.39 Å². The van der Waals surface area contributed by atoms with Gasteiger partial charge in [-0.15, -0.1) is 0 Å². The van der Waals surface area contributed by atoms with Crippen LogP contribution in [0.4, 0.5) is 10.1 Å². The molecule has 1 N–H and O–H groups in total. The minimum absolute atomic E-state index is 0.0246. The Morgan fingerprint density at radius 2 is 1.79 bits per heavy atom. The Bertz CT molecular complexity index is 563. The zero-order chi connectivity index (χ0) is 14.0. The first kappa shape index (κ1) is 14.6. The number of anilines is 1. The first-order valence-corrected chi connectivity index (χ1v) is 7.19. The summed E-state index contributed by atoms with van der Waals surface area (Å²) in [5.74, 6) is -0.374. The number of halogens is 4. The molecule has 19 heavy (non-hydrogen) atoms. The molecule has 0 saturated carbocycles. The van der Waals surface area contributed by atoms with Crippen LogP contribution in [0.15, 0.2) is 40.9 Å². The minimum Gasteiger partial charge on any atom is -0.376 e. The normalized spacial score (nSPS) is 12.3. The molecule has 0 radical (unpaired) electrons. The van der Waals surface area contributed by atoms with Crippen LogP contribution in [0.5, 0.6) is 0 Å². The molecule has 2 aromatic rings. The lowest BCUT2D eigenvalue weighted by atomic mass is 10.1. The van der Waals surface area contributed by atoms with Gasteiger partial charge in [-0.1, -0.05) is 35.3 Å². The summed E-state index contributed by atoms with van der Waals surface area (Å²) in [5.41, 5.74) is 1.74. The molecule has 0 saturated heterocycles. The van der Waals surface area contributed by atoms with Gasteiger partial charge in [0, 0.05) is 15.5 Å². The van der Waals surface area contributed by atoms with Crippen LogP contribution in [0.3, 0.4) is 0 Å². The Kier molecular flexibility index (Phi) is 4.71. The van der Waals surface area contributed by atoms with Crippen LogP contribution in [-0.2, 0) is 0 Å². The van der Waals surface area contributed by atoms with Crippen molar-refractivity contribution in [1.82, 2.24) is 0 Å². The van der Waals surface area contributed by atoms with Crippen LogP contribution in [0, 0.1) is 5.82 Å². The third kappa shape index (κ3) is 3.62. The molecule has 0 aliphatic heterocycles. The summed E-state index contributed by atoms with van der Waals surface area (Å²) in [7, 11) is 0. The van der Waals surface area contributed by atoms with E-state index in [0.29, 0.717) is 20.2 Å². The number of nitrogens with one attached hydrogen (secondary N) is 1. The molecule has 100 valence electrons. The first-order valence-electron chi connectivity index (χ1n) is 5.64. The molecule has 5 heteroatoms. The van der Waals surface area contributed by atoms with Gasteiger partial charge in [0.25, 0.3) is 0 Å². The molecule has 2 rings (SSSR count). The molecule has 1 atom stereocenters. The molecule has 0 amide bonds. The summed E-state index contributed by atoms with van der Waals surface area (Å²) in [5, 5.41) is 4.28. The van der Waals surface area contributed by atoms with Gasteiger partial charge in [-0.3, -0.25) is 0 Å². The fourth-order valence-corrected chi connectivity index (χ4v) is 2.78. The van der Waals surface area contributed by atoms with Crippen molar-refractivity contribution < 1.29 is 4.39 Å². The molecule has 1 nitrogen and oxygen atoms in total. The van der Waals surface area contributed by atoms with Gasteiger partial charge in [0.1, 0.15) is 5.82 Å². The maximum atomic E-state index is 13.2. The fourth-order valence-electron chi connectivity index (χ4n) is 1.73. The molecular formula is C14H11BrCl2FN. The lowest BCUT2D eigenvalue weighted by Gasteiger charge is -2.18. The summed E-state index contributed by atoms with van der Waals surface area (Å²) in [4.78, 5) is 0. The van der Waals surface area contributed by atoms with E-state index in [9.17, 15) is 4.39 Å². The van der Waals surface area contributed by atoms with Crippen LogP contribution in [0.2, 0.25) is 10.0 Å². The quantitative estimate of drug-likeness (QED) is 0.698. The van der Waals surface area contributed by atoms with E-state index in [1.54, 1.807) is 0 Å². The van der Waals surface area contributed by atoms with Crippen molar-refractivity contribution in [2.75, 3.05) is 5.32 Å². The van der Waals surface area contributed by atoms with E-state index in [4.69, 9.17) is 23.2 Å². The highest BCUT2D eigenvalue weighted by molar-refractivity contribution is 9.10. The molecule has 0 aliphatic rings. The highest BCUT2D eigenvalue weighted by atomic mass is 79.9. The predicted octanol–water partition coefficient (Wildman–Crippen LogP) is 6.07. The Labute approximate surface area is 129 Å². The van der Waals surface area contributed by atoms with Crippen LogP contribution >= 0.6 is 39.1 Å². The third-order valence-electron chi connectivity index (χ3n) is 2.74. The third-order valence-corrected chi connectivity index (χ3v) is 3.91. The van der Waals surface area contributed by atoms with Crippen LogP contribution < -0.4 is 5.32 Å². The molecule has 0 aliphatic carbocycles. The van der Waals surface area contributed by atoms with Crippen LogP contribution in [-0.4, -0.2) is 0 Å². The maximum Gasteiger partial charge on any atom is 0.125 e. The lowest BCUT2D eigenvalue weighted by Crippen LogP contribution is -2.07. The molecule has 0 heterocycles. The highest BCUT2D eigenvalue weighted by Gasteiger charge is 2.12. The Hall–Kier alpha value is -0.770. The van der Waals surface area contributed by atoms with Gasteiger partial charge in [-0.05, 0) is 52.7 Å². The minimum atomic E-state index is -0.374. The molecular weight excluding hydrogens is 352 g/mol. The smallest absolute Gasteiger partial charge is 0.125 e. The standard InChI is InChI=1S/C14H11BrCl2FN/c1-8(9-2-4-10(16)5-3-9)19-14-12(15)6-11(18)7-13(14)17/h2-8,19H,1H3. The second-order valence-electron chi connectivity index (χ2n) is 4.16. The van der Waals surface area contributed by atoms with Crippen molar-refractivity contribution in [1.29, 1.82) is 0 Å². The zero-order valence-electron chi connectivity index (χ0n) is 10.1. The Balaban J connectivity index is 2.24. The first-order chi connectivity index (χ1) is 8.97. The maximum absolute atomic E-state index is 13.2. The number of hydrogen-bond acceptors (Lipinski definition) is 1. The Morgan fingerprint density at radius 1 is 1.16 bits per heavy atom. The SMILES string of the molecule is CC(Nc1c(Cl)cc(F)cc1Br)c1ccc(Cl)cc1. The van der Waals surface area contributed by atoms with Gasteiger partial charge in [-0.2, -0.15) is 0 Å². The van der Waals surface area contributed by atoms with E-state index in [1.165, 1.54) is 12.1 Å². The van der Waals surface area contributed by atoms with E-state index in [0.717, 1.165) is 5.56 Å². The van der Waals surface area contributed by atoms with Gasteiger partial charge in [0.2, 0.25) is 0 Å². The monoisotopic (exact) mass is 361 g/mol. The average Bonchev–Trinajstić information content (AvgIpc) is 2.34. The summed E-state index contributed by atoms with van der Waals surface area (Å²) < 4.78 is 13.8. The summed E-state index contributed by atoms with van der Waals surface area (Å²) in [6.07, 6.45) is 0. The fraction of sp³-hybridized carbons (Fsp3) is 0.143. The molecule has 2 aromatic carbocycles. The van der Waals surface area contributed by atoms with Crippen molar-refractivity contribution in [2.45, 2.75) is 13.0 Å². The molecule has 0 bridgehead atoms.